The fourth-order valence-corrected chi connectivity index (χ4v) is 3.11. The maximum Gasteiger partial charge on any atom is 0.350 e. The molecular formula is C14H17N5O4S2. The highest BCUT2D eigenvalue weighted by atomic mass is 32.2. The van der Waals surface area contributed by atoms with Gasteiger partial charge in [0.1, 0.15) is 10.6 Å². The third-order valence-corrected chi connectivity index (χ3v) is 4.67. The van der Waals surface area contributed by atoms with Crippen molar-refractivity contribution in [3.05, 3.63) is 26.6 Å². The second kappa shape index (κ2) is 8.21. The third-order valence-electron chi connectivity index (χ3n) is 2.75. The van der Waals surface area contributed by atoms with Crippen LogP contribution >= 0.6 is 23.1 Å². The zero-order valence-electron chi connectivity index (χ0n) is 14.1. The molecule has 1 amide bonds. The number of nitrogens with one attached hydrogen (secondary N) is 2. The quantitative estimate of drug-likeness (QED) is 0.568. The van der Waals surface area contributed by atoms with Gasteiger partial charge in [0.25, 0.3) is 5.56 Å². The van der Waals surface area contributed by atoms with Gasteiger partial charge >= 0.3 is 5.97 Å². The summed E-state index contributed by atoms with van der Waals surface area (Å²) in [5, 5.41) is 10.6. The van der Waals surface area contributed by atoms with Crippen molar-refractivity contribution in [3.8, 4) is 0 Å². The van der Waals surface area contributed by atoms with Gasteiger partial charge in [0.2, 0.25) is 5.91 Å². The Labute approximate surface area is 151 Å². The summed E-state index contributed by atoms with van der Waals surface area (Å²) in [4.78, 5) is 42.4. The van der Waals surface area contributed by atoms with Crippen LogP contribution in [0.4, 0.5) is 5.13 Å². The first-order chi connectivity index (χ1) is 11.8. The molecule has 11 heteroatoms. The van der Waals surface area contributed by atoms with Gasteiger partial charge in [0.05, 0.1) is 17.6 Å². The SMILES string of the molecule is Cc1nc(NC(=O)CSc2nnc(C)c(=O)[nH]2)sc1C(=O)OC(C)C. The normalized spacial score (nSPS) is 10.8. The standard InChI is InChI=1S/C14H17N5O4S2/c1-6(2)23-12(22)10-7(3)15-13(25-10)16-9(20)5-24-14-17-11(21)8(4)18-19-14/h6H,5H2,1-4H3,(H,15,16,20)(H,17,19,21). The molecule has 0 atom stereocenters. The van der Waals surface area contributed by atoms with Crippen molar-refractivity contribution in [2.45, 2.75) is 39.0 Å². The summed E-state index contributed by atoms with van der Waals surface area (Å²) in [6.07, 6.45) is -0.235. The Morgan fingerprint density at radius 3 is 2.64 bits per heavy atom. The van der Waals surface area contributed by atoms with Gasteiger partial charge in [-0.1, -0.05) is 23.1 Å². The van der Waals surface area contributed by atoms with Crippen molar-refractivity contribution in [1.82, 2.24) is 20.2 Å². The maximum atomic E-state index is 12.0. The number of ether oxygens (including phenoxy) is 1. The van der Waals surface area contributed by atoms with E-state index in [1.165, 1.54) is 0 Å². The van der Waals surface area contributed by atoms with Crippen LogP contribution in [0.15, 0.2) is 9.95 Å². The Morgan fingerprint density at radius 1 is 1.28 bits per heavy atom. The van der Waals surface area contributed by atoms with Crippen LogP contribution in [0.2, 0.25) is 0 Å². The van der Waals surface area contributed by atoms with E-state index in [-0.39, 0.29) is 34.2 Å². The minimum Gasteiger partial charge on any atom is -0.459 e. The number of aromatic nitrogens is 4. The lowest BCUT2D eigenvalue weighted by molar-refractivity contribution is -0.113. The average molecular weight is 383 g/mol. The highest BCUT2D eigenvalue weighted by molar-refractivity contribution is 7.99. The van der Waals surface area contributed by atoms with Crippen LogP contribution in [0.1, 0.15) is 34.9 Å². The van der Waals surface area contributed by atoms with E-state index in [0.717, 1.165) is 23.1 Å². The number of aromatic amines is 1. The fraction of sp³-hybridized carbons (Fsp3) is 0.429. The maximum absolute atomic E-state index is 12.0. The van der Waals surface area contributed by atoms with Gasteiger partial charge in [-0.15, -0.1) is 10.2 Å². The molecule has 0 saturated heterocycles. The molecule has 0 aromatic carbocycles. The lowest BCUT2D eigenvalue weighted by Gasteiger charge is -2.05. The molecule has 0 saturated carbocycles. The fourth-order valence-electron chi connectivity index (χ4n) is 1.64. The van der Waals surface area contributed by atoms with Crippen molar-refractivity contribution in [2.75, 3.05) is 11.1 Å². The van der Waals surface area contributed by atoms with Crippen LogP contribution in [0, 0.1) is 13.8 Å². The lowest BCUT2D eigenvalue weighted by Crippen LogP contribution is -2.17. The average Bonchev–Trinajstić information content (AvgIpc) is 2.88. The summed E-state index contributed by atoms with van der Waals surface area (Å²) in [5.74, 6) is -0.795. The molecule has 2 rings (SSSR count). The smallest absolute Gasteiger partial charge is 0.350 e. The summed E-state index contributed by atoms with van der Waals surface area (Å²) in [5.41, 5.74) is 0.405. The first-order valence-electron chi connectivity index (χ1n) is 7.31. The van der Waals surface area contributed by atoms with E-state index in [1.807, 2.05) is 0 Å². The van der Waals surface area contributed by atoms with Crippen molar-refractivity contribution < 1.29 is 14.3 Å². The number of hydrogen-bond donors (Lipinski definition) is 2. The van der Waals surface area contributed by atoms with Crippen molar-refractivity contribution >= 4 is 40.1 Å². The number of carbonyl (C=O) groups excluding carboxylic acids is 2. The van der Waals surface area contributed by atoms with E-state index in [0.29, 0.717) is 15.7 Å². The Kier molecular flexibility index (Phi) is 6.26. The predicted molar refractivity (Wildman–Crippen MR) is 94.1 cm³/mol. The Hall–Kier alpha value is -2.27. The molecule has 0 unspecified atom stereocenters. The largest absolute Gasteiger partial charge is 0.459 e. The zero-order chi connectivity index (χ0) is 18.6. The molecule has 0 radical (unpaired) electrons. The molecule has 134 valence electrons. The van der Waals surface area contributed by atoms with Gasteiger partial charge in [0, 0.05) is 0 Å². The van der Waals surface area contributed by atoms with Crippen LogP contribution < -0.4 is 10.9 Å². The number of esters is 1. The molecule has 9 nitrogen and oxygen atoms in total. The van der Waals surface area contributed by atoms with Crippen molar-refractivity contribution in [2.24, 2.45) is 0 Å². The number of thioether (sulfide) groups is 1. The van der Waals surface area contributed by atoms with Gasteiger partial charge in [0.15, 0.2) is 10.3 Å². The summed E-state index contributed by atoms with van der Waals surface area (Å²) in [7, 11) is 0. The number of nitrogens with zero attached hydrogens (tertiary/aromatic N) is 3. The minimum absolute atomic E-state index is 0.0120. The van der Waals surface area contributed by atoms with Crippen molar-refractivity contribution in [3.63, 3.8) is 0 Å². The molecule has 0 aliphatic carbocycles. The summed E-state index contributed by atoms with van der Waals surface area (Å²) in [6.45, 7) is 6.73. The van der Waals surface area contributed by atoms with E-state index in [2.05, 4.69) is 25.5 Å². The van der Waals surface area contributed by atoms with E-state index >= 15 is 0 Å². The summed E-state index contributed by atoms with van der Waals surface area (Å²) < 4.78 is 5.13. The molecule has 25 heavy (non-hydrogen) atoms. The number of aryl methyl sites for hydroxylation is 2. The van der Waals surface area contributed by atoms with Gasteiger partial charge in [-0.3, -0.25) is 14.6 Å². The number of hydrogen-bond acceptors (Lipinski definition) is 9. The van der Waals surface area contributed by atoms with Crippen LogP contribution in [0.5, 0.6) is 0 Å². The van der Waals surface area contributed by atoms with Crippen LogP contribution in [0.25, 0.3) is 0 Å². The third kappa shape index (κ3) is 5.36. The highest BCUT2D eigenvalue weighted by Gasteiger charge is 2.19. The number of rotatable bonds is 6. The van der Waals surface area contributed by atoms with Gasteiger partial charge < -0.3 is 10.1 Å². The van der Waals surface area contributed by atoms with E-state index in [1.54, 1.807) is 27.7 Å². The topological polar surface area (TPSA) is 127 Å². The van der Waals surface area contributed by atoms with Gasteiger partial charge in [-0.25, -0.2) is 9.78 Å². The first-order valence-corrected chi connectivity index (χ1v) is 9.11. The molecule has 0 bridgehead atoms. The second-order valence-corrected chi connectivity index (χ2v) is 7.23. The predicted octanol–water partition coefficient (Wildman–Crippen LogP) is 1.53. The Bertz CT molecular complexity index is 846. The molecule has 0 spiro atoms. The summed E-state index contributed by atoms with van der Waals surface area (Å²) >= 11 is 2.09. The zero-order valence-corrected chi connectivity index (χ0v) is 15.7. The van der Waals surface area contributed by atoms with E-state index < -0.39 is 5.97 Å². The number of anilines is 1. The number of thiazole rings is 1. The molecule has 0 fully saturated rings. The number of carbonyl (C=O) groups is 2. The van der Waals surface area contributed by atoms with Crippen LogP contribution in [0.3, 0.4) is 0 Å². The molecule has 0 aliphatic rings. The van der Waals surface area contributed by atoms with Gasteiger partial charge in [-0.2, -0.15) is 0 Å². The van der Waals surface area contributed by atoms with Crippen LogP contribution in [-0.2, 0) is 9.53 Å². The molecule has 2 aromatic rings. The first kappa shape index (κ1) is 19.1. The molecule has 2 aromatic heterocycles. The monoisotopic (exact) mass is 383 g/mol. The van der Waals surface area contributed by atoms with E-state index in [9.17, 15) is 14.4 Å². The second-order valence-electron chi connectivity index (χ2n) is 5.27. The van der Waals surface area contributed by atoms with Crippen molar-refractivity contribution in [1.29, 1.82) is 0 Å². The number of amides is 1. The lowest BCUT2D eigenvalue weighted by atomic mass is 10.4. The Balaban J connectivity index is 1.95. The van der Waals surface area contributed by atoms with Crippen LogP contribution in [-0.4, -0.2) is 43.9 Å². The molecule has 0 aliphatic heterocycles. The molecular weight excluding hydrogens is 366 g/mol. The number of H-pyrrole nitrogens is 1. The molecule has 2 heterocycles. The Morgan fingerprint density at radius 2 is 2.00 bits per heavy atom. The van der Waals surface area contributed by atoms with Gasteiger partial charge in [-0.05, 0) is 27.7 Å². The van der Waals surface area contributed by atoms with E-state index in [4.69, 9.17) is 4.74 Å². The highest BCUT2D eigenvalue weighted by Crippen LogP contribution is 2.24. The summed E-state index contributed by atoms with van der Waals surface area (Å²) in [6, 6.07) is 0. The molecule has 2 N–H and O–H groups in total. The minimum atomic E-state index is -0.465.